The highest BCUT2D eigenvalue weighted by atomic mass is 35.5. The van der Waals surface area contributed by atoms with Crippen molar-refractivity contribution < 1.29 is 9.53 Å². The molecule has 24 heavy (non-hydrogen) atoms. The predicted molar refractivity (Wildman–Crippen MR) is 101 cm³/mol. The van der Waals surface area contributed by atoms with Gasteiger partial charge in [-0.25, -0.2) is 0 Å². The molecule has 1 aliphatic heterocycles. The molecule has 1 aromatic rings. The SMILES string of the molecule is CC(Oc1ccc(C(C)(C)C)cc1)C(=O)N(C)C1CCNCC1.Cl. The van der Waals surface area contributed by atoms with Gasteiger partial charge in [0.2, 0.25) is 0 Å². The van der Waals surface area contributed by atoms with Crippen molar-refractivity contribution in [3.05, 3.63) is 29.8 Å². The molecular formula is C19H31ClN2O2. The molecule has 1 aromatic carbocycles. The molecule has 2 rings (SSSR count). The van der Waals surface area contributed by atoms with Crippen molar-refractivity contribution in [2.24, 2.45) is 0 Å². The van der Waals surface area contributed by atoms with Crippen molar-refractivity contribution in [3.63, 3.8) is 0 Å². The first-order chi connectivity index (χ1) is 10.8. The first-order valence-electron chi connectivity index (χ1n) is 8.53. The summed E-state index contributed by atoms with van der Waals surface area (Å²) < 4.78 is 5.85. The number of carbonyl (C=O) groups excluding carboxylic acids is 1. The van der Waals surface area contributed by atoms with Crippen LogP contribution in [0, 0.1) is 0 Å². The Hall–Kier alpha value is -1.26. The maximum atomic E-state index is 12.6. The number of hydrogen-bond acceptors (Lipinski definition) is 3. The van der Waals surface area contributed by atoms with Crippen LogP contribution in [0.3, 0.4) is 0 Å². The number of amides is 1. The van der Waals surface area contributed by atoms with Crippen LogP contribution in [0.2, 0.25) is 0 Å². The number of ether oxygens (including phenoxy) is 1. The van der Waals surface area contributed by atoms with Gasteiger partial charge in [-0.2, -0.15) is 0 Å². The molecule has 4 nitrogen and oxygen atoms in total. The Kier molecular flexibility index (Phi) is 7.56. The van der Waals surface area contributed by atoms with E-state index in [1.807, 2.05) is 31.0 Å². The molecule has 0 spiro atoms. The lowest BCUT2D eigenvalue weighted by atomic mass is 9.87. The second kappa shape index (κ2) is 8.72. The van der Waals surface area contributed by atoms with Gasteiger partial charge in [-0.05, 0) is 56.0 Å². The molecule has 0 radical (unpaired) electrons. The first-order valence-corrected chi connectivity index (χ1v) is 8.53. The van der Waals surface area contributed by atoms with Gasteiger partial charge >= 0.3 is 0 Å². The van der Waals surface area contributed by atoms with Crippen molar-refractivity contribution in [1.29, 1.82) is 0 Å². The van der Waals surface area contributed by atoms with Gasteiger partial charge in [-0.1, -0.05) is 32.9 Å². The van der Waals surface area contributed by atoms with Crippen molar-refractivity contribution in [1.82, 2.24) is 10.2 Å². The molecule has 1 N–H and O–H groups in total. The Labute approximate surface area is 152 Å². The zero-order valence-electron chi connectivity index (χ0n) is 15.5. The van der Waals surface area contributed by atoms with Crippen LogP contribution in [0.25, 0.3) is 0 Å². The lowest BCUT2D eigenvalue weighted by Gasteiger charge is -2.33. The van der Waals surface area contributed by atoms with Gasteiger partial charge in [0.05, 0.1) is 0 Å². The maximum absolute atomic E-state index is 12.6. The summed E-state index contributed by atoms with van der Waals surface area (Å²) in [6.45, 7) is 10.3. The molecule has 1 unspecified atom stereocenters. The summed E-state index contributed by atoms with van der Waals surface area (Å²) in [6.07, 6.45) is 1.56. The van der Waals surface area contributed by atoms with E-state index in [2.05, 4.69) is 38.2 Å². The summed E-state index contributed by atoms with van der Waals surface area (Å²) in [7, 11) is 1.89. The minimum absolute atomic E-state index is 0. The fraction of sp³-hybridized carbons (Fsp3) is 0.632. The van der Waals surface area contributed by atoms with Crippen LogP contribution in [-0.4, -0.2) is 43.1 Å². The molecule has 136 valence electrons. The number of nitrogens with zero attached hydrogens (tertiary/aromatic N) is 1. The van der Waals surface area contributed by atoms with Gasteiger partial charge in [0.1, 0.15) is 5.75 Å². The Bertz CT molecular complexity index is 519. The minimum atomic E-state index is -0.463. The highest BCUT2D eigenvalue weighted by Crippen LogP contribution is 2.25. The van der Waals surface area contributed by atoms with Crippen LogP contribution in [0.1, 0.15) is 46.1 Å². The maximum Gasteiger partial charge on any atom is 0.263 e. The third kappa shape index (κ3) is 5.38. The largest absolute Gasteiger partial charge is 0.481 e. The van der Waals surface area contributed by atoms with Gasteiger partial charge in [-0.3, -0.25) is 4.79 Å². The second-order valence-electron chi connectivity index (χ2n) is 7.46. The molecule has 1 aliphatic rings. The van der Waals surface area contributed by atoms with Gasteiger partial charge < -0.3 is 15.0 Å². The number of nitrogens with one attached hydrogen (secondary N) is 1. The van der Waals surface area contributed by atoms with E-state index in [4.69, 9.17) is 4.74 Å². The molecule has 0 aromatic heterocycles. The summed E-state index contributed by atoms with van der Waals surface area (Å²) in [5, 5.41) is 3.33. The number of benzene rings is 1. The van der Waals surface area contributed by atoms with Crippen LogP contribution < -0.4 is 10.1 Å². The molecule has 1 atom stereocenters. The first kappa shape index (κ1) is 20.8. The third-order valence-electron chi connectivity index (χ3n) is 4.58. The number of halogens is 1. The van der Waals surface area contributed by atoms with Crippen LogP contribution in [0.4, 0.5) is 0 Å². The van der Waals surface area contributed by atoms with E-state index in [1.54, 1.807) is 0 Å². The molecule has 5 heteroatoms. The second-order valence-corrected chi connectivity index (χ2v) is 7.46. The molecule has 0 saturated carbocycles. The van der Waals surface area contributed by atoms with Gasteiger partial charge in [0, 0.05) is 13.1 Å². The molecule has 0 bridgehead atoms. The Morgan fingerprint density at radius 1 is 1.21 bits per heavy atom. The van der Waals surface area contributed by atoms with Gasteiger partial charge in [-0.15, -0.1) is 12.4 Å². The lowest BCUT2D eigenvalue weighted by Crippen LogP contribution is -2.48. The van der Waals surface area contributed by atoms with Gasteiger partial charge in [0.15, 0.2) is 6.10 Å². The van der Waals surface area contributed by atoms with Crippen LogP contribution in [-0.2, 0) is 10.2 Å². The molecule has 1 heterocycles. The van der Waals surface area contributed by atoms with Crippen molar-refractivity contribution in [3.8, 4) is 5.75 Å². The number of piperidine rings is 1. The van der Waals surface area contributed by atoms with E-state index in [1.165, 1.54) is 5.56 Å². The topological polar surface area (TPSA) is 41.6 Å². The Morgan fingerprint density at radius 3 is 2.25 bits per heavy atom. The van der Waals surface area contributed by atoms with Crippen molar-refractivity contribution in [2.45, 2.75) is 58.1 Å². The standard InChI is InChI=1S/C19H30N2O2.ClH/c1-14(18(22)21(5)16-10-12-20-13-11-16)23-17-8-6-15(7-9-17)19(2,3)4;/h6-9,14,16,20H,10-13H2,1-5H3;1H. The number of carbonyl (C=O) groups is 1. The van der Waals surface area contributed by atoms with Crippen LogP contribution in [0.5, 0.6) is 5.75 Å². The summed E-state index contributed by atoms with van der Waals surface area (Å²) in [4.78, 5) is 14.4. The summed E-state index contributed by atoms with van der Waals surface area (Å²) in [5.74, 6) is 0.800. The smallest absolute Gasteiger partial charge is 0.263 e. The Morgan fingerprint density at radius 2 is 1.75 bits per heavy atom. The Balaban J connectivity index is 0.00000288. The minimum Gasteiger partial charge on any atom is -0.481 e. The van der Waals surface area contributed by atoms with E-state index in [9.17, 15) is 4.79 Å². The fourth-order valence-electron chi connectivity index (χ4n) is 2.95. The lowest BCUT2D eigenvalue weighted by molar-refractivity contribution is -0.139. The summed E-state index contributed by atoms with van der Waals surface area (Å²) >= 11 is 0. The van der Waals surface area contributed by atoms with E-state index in [-0.39, 0.29) is 23.7 Å². The van der Waals surface area contributed by atoms with E-state index < -0.39 is 6.10 Å². The highest BCUT2D eigenvalue weighted by Gasteiger charge is 2.26. The predicted octanol–water partition coefficient (Wildman–Crippen LogP) is 3.38. The zero-order valence-corrected chi connectivity index (χ0v) is 16.3. The van der Waals surface area contributed by atoms with Gasteiger partial charge in [0.25, 0.3) is 5.91 Å². The number of hydrogen-bond donors (Lipinski definition) is 1. The van der Waals surface area contributed by atoms with Crippen LogP contribution >= 0.6 is 12.4 Å². The quantitative estimate of drug-likeness (QED) is 0.901. The highest BCUT2D eigenvalue weighted by molar-refractivity contribution is 5.85. The van der Waals surface area contributed by atoms with E-state index >= 15 is 0 Å². The van der Waals surface area contributed by atoms with Crippen LogP contribution in [0.15, 0.2) is 24.3 Å². The number of rotatable bonds is 4. The van der Waals surface area contributed by atoms with E-state index in [0.29, 0.717) is 6.04 Å². The average Bonchev–Trinajstić information content (AvgIpc) is 2.54. The third-order valence-corrected chi connectivity index (χ3v) is 4.58. The molecular weight excluding hydrogens is 324 g/mol. The molecule has 1 amide bonds. The summed E-state index contributed by atoms with van der Waals surface area (Å²) in [6, 6.07) is 8.37. The monoisotopic (exact) mass is 354 g/mol. The average molecular weight is 355 g/mol. The molecule has 1 saturated heterocycles. The zero-order chi connectivity index (χ0) is 17.0. The normalized spacial score (nSPS) is 16.9. The van der Waals surface area contributed by atoms with Crippen molar-refractivity contribution >= 4 is 18.3 Å². The molecule has 1 fully saturated rings. The fourth-order valence-corrected chi connectivity index (χ4v) is 2.95. The molecule has 0 aliphatic carbocycles. The van der Waals surface area contributed by atoms with E-state index in [0.717, 1.165) is 31.7 Å². The summed E-state index contributed by atoms with van der Waals surface area (Å²) in [5.41, 5.74) is 1.38. The van der Waals surface area contributed by atoms with Crippen molar-refractivity contribution in [2.75, 3.05) is 20.1 Å². The number of likely N-dealkylation sites (N-methyl/N-ethyl adjacent to an activating group) is 1.